The van der Waals surface area contributed by atoms with Gasteiger partial charge in [-0.25, -0.2) is 13.1 Å². The van der Waals surface area contributed by atoms with Gasteiger partial charge >= 0.3 is 5.97 Å². The minimum atomic E-state index is -3.91. The summed E-state index contributed by atoms with van der Waals surface area (Å²) < 4.78 is 25.9. The molecule has 0 amide bonds. The van der Waals surface area contributed by atoms with Gasteiger partial charge in [0, 0.05) is 18.5 Å². The van der Waals surface area contributed by atoms with Gasteiger partial charge in [-0.3, -0.25) is 14.9 Å². The predicted octanol–water partition coefficient (Wildman–Crippen LogP) is 2.23. The van der Waals surface area contributed by atoms with E-state index >= 15 is 0 Å². The Labute approximate surface area is 129 Å². The SMILES string of the molecule is CC(CCCC(=O)O)NS(=O)(=O)c1cc([N+](=O)[O-])c(Cl)s1. The van der Waals surface area contributed by atoms with Crippen molar-refractivity contribution in [1.82, 2.24) is 4.72 Å². The van der Waals surface area contributed by atoms with Crippen LogP contribution in [-0.2, 0) is 14.8 Å². The molecule has 0 aliphatic heterocycles. The predicted molar refractivity (Wildman–Crippen MR) is 77.3 cm³/mol. The fourth-order valence-electron chi connectivity index (χ4n) is 1.54. The van der Waals surface area contributed by atoms with E-state index in [9.17, 15) is 23.3 Å². The number of nitro groups is 1. The quantitative estimate of drug-likeness (QED) is 0.543. The number of thiophene rings is 1. The maximum Gasteiger partial charge on any atom is 0.303 e. The average Bonchev–Trinajstić information content (AvgIpc) is 2.70. The number of carboxylic acids is 1. The molecule has 11 heteroatoms. The van der Waals surface area contributed by atoms with Crippen molar-refractivity contribution in [1.29, 1.82) is 0 Å². The number of sulfonamides is 1. The lowest BCUT2D eigenvalue weighted by Gasteiger charge is -2.12. The van der Waals surface area contributed by atoms with Crippen LogP contribution < -0.4 is 4.72 Å². The molecule has 0 bridgehead atoms. The van der Waals surface area contributed by atoms with Gasteiger partial charge in [-0.15, -0.1) is 11.3 Å². The minimum absolute atomic E-state index is 0.0532. The maximum absolute atomic E-state index is 12.0. The summed E-state index contributed by atoms with van der Waals surface area (Å²) >= 11 is 6.22. The molecular formula is C10H13ClN2O6S2. The summed E-state index contributed by atoms with van der Waals surface area (Å²) in [7, 11) is -3.91. The molecule has 0 saturated heterocycles. The molecule has 1 aromatic rings. The van der Waals surface area contributed by atoms with E-state index in [-0.39, 0.29) is 15.0 Å². The van der Waals surface area contributed by atoms with Gasteiger partial charge in [0.15, 0.2) is 4.34 Å². The Balaban J connectivity index is 2.75. The van der Waals surface area contributed by atoms with Crippen molar-refractivity contribution in [2.75, 3.05) is 0 Å². The van der Waals surface area contributed by atoms with Gasteiger partial charge in [0.05, 0.1) is 4.92 Å². The first-order chi connectivity index (χ1) is 9.63. The molecule has 0 saturated carbocycles. The average molecular weight is 357 g/mol. The Morgan fingerprint density at radius 1 is 1.62 bits per heavy atom. The van der Waals surface area contributed by atoms with Crippen molar-refractivity contribution in [2.24, 2.45) is 0 Å². The number of hydrogen-bond acceptors (Lipinski definition) is 6. The van der Waals surface area contributed by atoms with Gasteiger partial charge in [-0.05, 0) is 19.8 Å². The minimum Gasteiger partial charge on any atom is -0.481 e. The summed E-state index contributed by atoms with van der Waals surface area (Å²) in [5.41, 5.74) is -0.458. The fraction of sp³-hybridized carbons (Fsp3) is 0.500. The van der Waals surface area contributed by atoms with Crippen molar-refractivity contribution in [3.8, 4) is 0 Å². The first-order valence-corrected chi connectivity index (χ1v) is 8.49. The normalized spacial score (nSPS) is 13.0. The number of carbonyl (C=O) groups is 1. The Morgan fingerprint density at radius 3 is 2.71 bits per heavy atom. The summed E-state index contributed by atoms with van der Waals surface area (Å²) in [6.07, 6.45) is 0.611. The summed E-state index contributed by atoms with van der Waals surface area (Å²) in [5.74, 6) is -0.953. The van der Waals surface area contributed by atoms with Crippen LogP contribution >= 0.6 is 22.9 Å². The number of rotatable bonds is 8. The van der Waals surface area contributed by atoms with Crippen molar-refractivity contribution in [2.45, 2.75) is 36.4 Å². The smallest absolute Gasteiger partial charge is 0.303 e. The molecule has 1 rings (SSSR count). The molecular weight excluding hydrogens is 344 g/mol. The first kappa shape index (κ1) is 17.8. The van der Waals surface area contributed by atoms with Crippen LogP contribution in [0.1, 0.15) is 26.2 Å². The zero-order valence-electron chi connectivity index (χ0n) is 10.9. The van der Waals surface area contributed by atoms with Gasteiger partial charge in [0.25, 0.3) is 15.7 Å². The third-order valence-corrected chi connectivity index (χ3v) is 5.89. The molecule has 0 aromatic carbocycles. The van der Waals surface area contributed by atoms with E-state index < -0.39 is 32.6 Å². The van der Waals surface area contributed by atoms with Crippen LogP contribution in [0, 0.1) is 10.1 Å². The Hall–Kier alpha value is -1.23. The van der Waals surface area contributed by atoms with Gasteiger partial charge in [0.2, 0.25) is 0 Å². The second-order valence-electron chi connectivity index (χ2n) is 4.29. The molecule has 1 unspecified atom stereocenters. The van der Waals surface area contributed by atoms with Crippen LogP contribution in [0.15, 0.2) is 10.3 Å². The van der Waals surface area contributed by atoms with Gasteiger partial charge < -0.3 is 5.11 Å². The second-order valence-corrected chi connectivity index (χ2v) is 7.88. The number of carboxylic acid groups (broad SMARTS) is 1. The van der Waals surface area contributed by atoms with Crippen molar-refractivity contribution >= 4 is 44.6 Å². The molecule has 2 N–H and O–H groups in total. The summed E-state index contributed by atoms with van der Waals surface area (Å²) in [5, 5.41) is 19.2. The third kappa shape index (κ3) is 5.23. The molecule has 21 heavy (non-hydrogen) atoms. The number of nitrogens with zero attached hydrogens (tertiary/aromatic N) is 1. The summed E-state index contributed by atoms with van der Waals surface area (Å²) in [6.45, 7) is 1.59. The first-order valence-electron chi connectivity index (χ1n) is 5.81. The standard InChI is InChI=1S/C10H13ClN2O6S2/c1-6(3-2-4-8(14)15)12-21(18,19)9-5-7(13(16)17)10(11)20-9/h5-6,12H,2-4H2,1H3,(H,14,15). The number of halogens is 1. The molecule has 8 nitrogen and oxygen atoms in total. The summed E-state index contributed by atoms with van der Waals surface area (Å²) in [6, 6.07) is 0.411. The molecule has 0 spiro atoms. The fourth-order valence-corrected chi connectivity index (χ4v) is 4.50. The van der Waals surface area contributed by atoms with Crippen LogP contribution in [0.5, 0.6) is 0 Å². The van der Waals surface area contributed by atoms with Crippen LogP contribution in [0.2, 0.25) is 4.34 Å². The monoisotopic (exact) mass is 356 g/mol. The highest BCUT2D eigenvalue weighted by atomic mass is 35.5. The Morgan fingerprint density at radius 2 is 2.24 bits per heavy atom. The molecule has 1 atom stereocenters. The van der Waals surface area contributed by atoms with E-state index in [1.165, 1.54) is 0 Å². The molecule has 1 heterocycles. The highest BCUT2D eigenvalue weighted by Gasteiger charge is 2.26. The van der Waals surface area contributed by atoms with Crippen LogP contribution in [0.4, 0.5) is 5.69 Å². The zero-order valence-corrected chi connectivity index (χ0v) is 13.3. The van der Waals surface area contributed by atoms with E-state index in [2.05, 4.69) is 4.72 Å². The number of hydrogen-bond donors (Lipinski definition) is 2. The Kier molecular flexibility index (Phi) is 6.08. The highest BCUT2D eigenvalue weighted by molar-refractivity contribution is 7.91. The van der Waals surface area contributed by atoms with Crippen LogP contribution in [0.3, 0.4) is 0 Å². The van der Waals surface area contributed by atoms with Gasteiger partial charge in [-0.1, -0.05) is 11.6 Å². The largest absolute Gasteiger partial charge is 0.481 e. The zero-order chi connectivity index (χ0) is 16.2. The van der Waals surface area contributed by atoms with Crippen molar-refractivity contribution in [3.63, 3.8) is 0 Å². The number of aliphatic carboxylic acids is 1. The van der Waals surface area contributed by atoms with E-state index in [1.54, 1.807) is 6.92 Å². The molecule has 0 radical (unpaired) electrons. The Bertz CT molecular complexity index is 642. The topological polar surface area (TPSA) is 127 Å². The molecule has 118 valence electrons. The molecule has 0 fully saturated rings. The van der Waals surface area contributed by atoms with Crippen LogP contribution in [0.25, 0.3) is 0 Å². The van der Waals surface area contributed by atoms with Crippen molar-refractivity contribution in [3.05, 3.63) is 20.5 Å². The van der Waals surface area contributed by atoms with Crippen LogP contribution in [-0.4, -0.2) is 30.5 Å². The highest BCUT2D eigenvalue weighted by Crippen LogP contribution is 2.36. The van der Waals surface area contributed by atoms with E-state index in [0.29, 0.717) is 24.2 Å². The molecule has 0 aliphatic rings. The molecule has 1 aromatic heterocycles. The lowest BCUT2D eigenvalue weighted by molar-refractivity contribution is -0.384. The third-order valence-electron chi connectivity index (χ3n) is 2.49. The lowest BCUT2D eigenvalue weighted by Crippen LogP contribution is -2.32. The maximum atomic E-state index is 12.0. The van der Waals surface area contributed by atoms with Gasteiger partial charge in [-0.2, -0.15) is 0 Å². The van der Waals surface area contributed by atoms with E-state index in [0.717, 1.165) is 6.07 Å². The van der Waals surface area contributed by atoms with Gasteiger partial charge in [0.1, 0.15) is 4.21 Å². The van der Waals surface area contributed by atoms with Crippen molar-refractivity contribution < 1.29 is 23.2 Å². The van der Waals surface area contributed by atoms with E-state index in [1.807, 2.05) is 0 Å². The van der Waals surface area contributed by atoms with E-state index in [4.69, 9.17) is 16.7 Å². The second kappa shape index (κ2) is 7.16. The molecule has 0 aliphatic carbocycles. The summed E-state index contributed by atoms with van der Waals surface area (Å²) in [4.78, 5) is 20.3. The lowest BCUT2D eigenvalue weighted by atomic mass is 10.1. The number of nitrogens with one attached hydrogen (secondary N) is 1.